The zero-order valence-corrected chi connectivity index (χ0v) is 22.2. The number of benzene rings is 1. The van der Waals surface area contributed by atoms with Gasteiger partial charge in [0.15, 0.2) is 0 Å². The van der Waals surface area contributed by atoms with Crippen LogP contribution in [0, 0.1) is 0 Å². The maximum absolute atomic E-state index is 13.9. The third-order valence-electron chi connectivity index (χ3n) is 8.90. The van der Waals surface area contributed by atoms with Crippen LogP contribution in [-0.4, -0.2) is 64.2 Å². The minimum atomic E-state index is -3.78. The summed E-state index contributed by atoms with van der Waals surface area (Å²) < 4.78 is 35.6. The number of aliphatic hydroxyl groups is 1. The molecule has 1 aromatic carbocycles. The number of halogens is 1. The minimum Gasteiger partial charge on any atom is -0.441 e. The summed E-state index contributed by atoms with van der Waals surface area (Å²) in [6, 6.07) is 5.80. The van der Waals surface area contributed by atoms with Crippen molar-refractivity contribution in [3.8, 4) is 0 Å². The summed E-state index contributed by atoms with van der Waals surface area (Å²) in [6.07, 6.45) is 7.73. The van der Waals surface area contributed by atoms with Crippen molar-refractivity contribution in [3.63, 3.8) is 0 Å². The molecule has 4 atom stereocenters. The number of hydrogen-bond donors (Lipinski definition) is 1. The Balaban J connectivity index is 1.40. The molecule has 0 aromatic heterocycles. The molecule has 1 aliphatic carbocycles. The number of nitrogens with zero attached hydrogens (tertiary/aromatic N) is 2. The van der Waals surface area contributed by atoms with E-state index in [1.165, 1.54) is 0 Å². The summed E-state index contributed by atoms with van der Waals surface area (Å²) >= 11 is 6.02. The summed E-state index contributed by atoms with van der Waals surface area (Å²) in [7, 11) is -3.78. The zero-order chi connectivity index (χ0) is 25.0. The van der Waals surface area contributed by atoms with E-state index in [1.54, 1.807) is 28.6 Å². The summed E-state index contributed by atoms with van der Waals surface area (Å²) in [5.74, 6) is 0. The molecule has 194 valence electrons. The number of piperidine rings is 2. The Morgan fingerprint density at radius 3 is 2.26 bits per heavy atom. The van der Waals surface area contributed by atoms with Gasteiger partial charge >= 0.3 is 6.09 Å². The fourth-order valence-corrected chi connectivity index (χ4v) is 8.92. The van der Waals surface area contributed by atoms with Gasteiger partial charge in [-0.25, -0.2) is 13.2 Å². The molecule has 4 fully saturated rings. The number of rotatable bonds is 6. The maximum Gasteiger partial charge on any atom is 0.410 e. The summed E-state index contributed by atoms with van der Waals surface area (Å²) in [5.41, 5.74) is -1.48. The van der Waals surface area contributed by atoms with Crippen molar-refractivity contribution in [3.05, 3.63) is 29.3 Å². The van der Waals surface area contributed by atoms with Crippen molar-refractivity contribution >= 4 is 27.7 Å². The van der Waals surface area contributed by atoms with Crippen molar-refractivity contribution in [1.82, 2.24) is 9.21 Å². The van der Waals surface area contributed by atoms with Gasteiger partial charge in [0.05, 0.1) is 16.5 Å². The van der Waals surface area contributed by atoms with Crippen LogP contribution in [0.3, 0.4) is 0 Å². The van der Waals surface area contributed by atoms with Gasteiger partial charge in [0, 0.05) is 23.1 Å². The third-order valence-corrected chi connectivity index (χ3v) is 11.1. The van der Waals surface area contributed by atoms with Crippen LogP contribution in [-0.2, 0) is 14.8 Å². The zero-order valence-electron chi connectivity index (χ0n) is 20.7. The van der Waals surface area contributed by atoms with Gasteiger partial charge in [-0.2, -0.15) is 4.31 Å². The number of ether oxygens (including phenoxy) is 1. The van der Waals surface area contributed by atoms with Crippen molar-refractivity contribution in [1.29, 1.82) is 0 Å². The lowest BCUT2D eigenvalue weighted by Gasteiger charge is -2.46. The van der Waals surface area contributed by atoms with Crippen molar-refractivity contribution in [2.24, 2.45) is 0 Å². The van der Waals surface area contributed by atoms with Gasteiger partial charge < -0.3 is 14.7 Å². The van der Waals surface area contributed by atoms with Gasteiger partial charge in [-0.05, 0) is 88.5 Å². The molecular weight excluding hydrogens is 488 g/mol. The Morgan fingerprint density at radius 1 is 1.09 bits per heavy atom. The molecule has 2 unspecified atom stereocenters. The molecule has 7 nitrogen and oxygen atoms in total. The molecule has 0 spiro atoms. The normalized spacial score (nSPS) is 34.6. The van der Waals surface area contributed by atoms with E-state index in [9.17, 15) is 18.3 Å². The average Bonchev–Trinajstić information content (AvgIpc) is 3.56. The summed E-state index contributed by atoms with van der Waals surface area (Å²) in [5, 5.41) is 11.3. The van der Waals surface area contributed by atoms with Crippen LogP contribution in [0.4, 0.5) is 4.79 Å². The van der Waals surface area contributed by atoms with E-state index in [4.69, 9.17) is 16.3 Å². The molecule has 1 N–H and O–H groups in total. The first-order valence-corrected chi connectivity index (χ1v) is 15.0. The number of hydrogen-bond acceptors (Lipinski definition) is 5. The van der Waals surface area contributed by atoms with E-state index < -0.39 is 21.2 Å². The highest BCUT2D eigenvalue weighted by Gasteiger charge is 2.60. The molecular formula is C26H37ClN2O5S. The largest absolute Gasteiger partial charge is 0.441 e. The SMILES string of the molecule is CC[C@@H]1CCC[C@H](C2(OC(=O)N3C4CCC3CC(O)(CC)C4)CC2)N1S(=O)(=O)c1ccc(Cl)cc1. The highest BCUT2D eigenvalue weighted by molar-refractivity contribution is 7.89. The molecule has 35 heavy (non-hydrogen) atoms. The number of sulfonamides is 1. The highest BCUT2D eigenvalue weighted by Crippen LogP contribution is 2.51. The van der Waals surface area contributed by atoms with E-state index in [0.29, 0.717) is 50.0 Å². The van der Waals surface area contributed by atoms with Gasteiger partial charge in [0.1, 0.15) is 5.60 Å². The van der Waals surface area contributed by atoms with Gasteiger partial charge in [0.25, 0.3) is 0 Å². The third kappa shape index (κ3) is 4.49. The first kappa shape index (κ1) is 25.3. The summed E-state index contributed by atoms with van der Waals surface area (Å²) in [6.45, 7) is 4.01. The smallest absolute Gasteiger partial charge is 0.410 e. The van der Waals surface area contributed by atoms with Crippen molar-refractivity contribution in [2.45, 2.75) is 125 Å². The average molecular weight is 525 g/mol. The van der Waals surface area contributed by atoms with E-state index in [-0.39, 0.29) is 35.2 Å². The van der Waals surface area contributed by atoms with Crippen molar-refractivity contribution in [2.75, 3.05) is 0 Å². The lowest BCUT2D eigenvalue weighted by Crippen LogP contribution is -2.58. The Morgan fingerprint density at radius 2 is 1.71 bits per heavy atom. The van der Waals surface area contributed by atoms with Crippen LogP contribution in [0.1, 0.15) is 84.5 Å². The molecule has 4 aliphatic rings. The van der Waals surface area contributed by atoms with Crippen LogP contribution < -0.4 is 0 Å². The monoisotopic (exact) mass is 524 g/mol. The standard InChI is InChI=1S/C26H37ClN2O5S/c1-3-19-6-5-7-23(29(19)35(32,33)22-12-8-18(27)9-13-22)26(14-15-26)34-24(30)28-20-10-11-21(28)17-25(31,4-2)16-20/h8-9,12-13,19-21,23,31H,3-7,10-11,14-17H2,1-2H3/t19-,20?,21?,23-,25?/m1/s1. The van der Waals surface area contributed by atoms with Gasteiger partial charge in [-0.15, -0.1) is 0 Å². The molecule has 3 heterocycles. The fraction of sp³-hybridized carbons (Fsp3) is 0.731. The number of fused-ring (bicyclic) bond motifs is 2. The van der Waals surface area contributed by atoms with E-state index in [0.717, 1.165) is 25.7 Å². The topological polar surface area (TPSA) is 87.2 Å². The van der Waals surface area contributed by atoms with Crippen LogP contribution in [0.2, 0.25) is 5.02 Å². The molecule has 0 radical (unpaired) electrons. The van der Waals surface area contributed by atoms with Crippen molar-refractivity contribution < 1.29 is 23.1 Å². The first-order chi connectivity index (χ1) is 16.6. The Labute approximate surface area is 213 Å². The molecule has 3 aliphatic heterocycles. The molecule has 9 heteroatoms. The molecule has 3 saturated heterocycles. The second kappa shape index (κ2) is 9.19. The van der Waals surface area contributed by atoms with Gasteiger partial charge in [-0.3, -0.25) is 0 Å². The minimum absolute atomic E-state index is 0.00866. The predicted molar refractivity (Wildman–Crippen MR) is 134 cm³/mol. The number of carbonyl (C=O) groups excluding carboxylic acids is 1. The lowest BCUT2D eigenvalue weighted by atomic mass is 9.84. The molecule has 1 aromatic rings. The van der Waals surface area contributed by atoms with Crippen LogP contribution in [0.15, 0.2) is 29.2 Å². The van der Waals surface area contributed by atoms with E-state index >= 15 is 0 Å². The van der Waals surface area contributed by atoms with Gasteiger partial charge in [0.2, 0.25) is 10.0 Å². The lowest BCUT2D eigenvalue weighted by molar-refractivity contribution is -0.0644. The molecule has 1 amide bonds. The Hall–Kier alpha value is -1.35. The molecule has 5 rings (SSSR count). The second-order valence-corrected chi connectivity index (χ2v) is 13.3. The van der Waals surface area contributed by atoms with Crippen LogP contribution in [0.25, 0.3) is 0 Å². The van der Waals surface area contributed by atoms with E-state index in [2.05, 4.69) is 0 Å². The molecule has 1 saturated carbocycles. The predicted octanol–water partition coefficient (Wildman–Crippen LogP) is 5.10. The molecule has 2 bridgehead atoms. The fourth-order valence-electron chi connectivity index (χ4n) is 6.79. The first-order valence-electron chi connectivity index (χ1n) is 13.2. The maximum atomic E-state index is 13.9. The highest BCUT2D eigenvalue weighted by atomic mass is 35.5. The van der Waals surface area contributed by atoms with Crippen LogP contribution >= 0.6 is 11.6 Å². The van der Waals surface area contributed by atoms with E-state index in [1.807, 2.05) is 18.7 Å². The number of amides is 1. The summed E-state index contributed by atoms with van der Waals surface area (Å²) in [4.78, 5) is 15.6. The second-order valence-electron chi connectivity index (χ2n) is 11.0. The Kier molecular flexibility index (Phi) is 6.65. The Bertz CT molecular complexity index is 1040. The quantitative estimate of drug-likeness (QED) is 0.559. The number of carbonyl (C=O) groups is 1. The van der Waals surface area contributed by atoms with Gasteiger partial charge in [-0.1, -0.05) is 31.9 Å². The van der Waals surface area contributed by atoms with Crippen LogP contribution in [0.5, 0.6) is 0 Å².